The number of hydrogen-bond donors (Lipinski definition) is 1. The Bertz CT molecular complexity index is 1290. The SMILES string of the molecule is COc1cc(/C=C2/C(=O)NC(=S)N(c3ccccc3)C2=O)cc(I)c1Cc1ccccc1Cl. The van der Waals surface area contributed by atoms with Crippen LogP contribution in [0.4, 0.5) is 5.69 Å². The van der Waals surface area contributed by atoms with E-state index in [-0.39, 0.29) is 10.7 Å². The first-order chi connectivity index (χ1) is 15.9. The molecule has 2 amide bonds. The third kappa shape index (κ3) is 4.95. The number of methoxy groups -OCH3 is 1. The molecule has 1 aliphatic rings. The van der Waals surface area contributed by atoms with Crippen molar-refractivity contribution in [2.75, 3.05) is 12.0 Å². The van der Waals surface area contributed by atoms with Crippen LogP contribution in [-0.4, -0.2) is 24.0 Å². The lowest BCUT2D eigenvalue weighted by Gasteiger charge is -2.28. The molecule has 5 nitrogen and oxygen atoms in total. The molecule has 0 aliphatic carbocycles. The third-order valence-corrected chi connectivity index (χ3v) is 6.76. The Kier molecular flexibility index (Phi) is 7.11. The van der Waals surface area contributed by atoms with E-state index in [0.29, 0.717) is 28.4 Å². The fraction of sp³-hybridized carbons (Fsp3) is 0.0800. The molecule has 4 rings (SSSR count). The summed E-state index contributed by atoms with van der Waals surface area (Å²) in [7, 11) is 1.59. The number of hydrogen-bond acceptors (Lipinski definition) is 4. The predicted molar refractivity (Wildman–Crippen MR) is 143 cm³/mol. The smallest absolute Gasteiger partial charge is 0.270 e. The van der Waals surface area contributed by atoms with Crippen molar-refractivity contribution < 1.29 is 14.3 Å². The van der Waals surface area contributed by atoms with Crippen LogP contribution < -0.4 is 15.0 Å². The fourth-order valence-electron chi connectivity index (χ4n) is 3.54. The first-order valence-electron chi connectivity index (χ1n) is 9.95. The van der Waals surface area contributed by atoms with Gasteiger partial charge in [-0.3, -0.25) is 19.8 Å². The van der Waals surface area contributed by atoms with Crippen molar-refractivity contribution in [1.82, 2.24) is 5.32 Å². The van der Waals surface area contributed by atoms with E-state index >= 15 is 0 Å². The molecule has 8 heteroatoms. The van der Waals surface area contributed by atoms with E-state index in [1.807, 2.05) is 42.5 Å². The standard InChI is InChI=1S/C25H18ClIN2O3S/c1-32-22-13-15(12-21(27)18(22)14-16-7-5-6-10-20(16)26)11-19-23(30)28-25(33)29(24(19)31)17-8-3-2-4-9-17/h2-13H,14H2,1H3,(H,28,30,33)/b19-11-. The van der Waals surface area contributed by atoms with Gasteiger partial charge in [0, 0.05) is 20.6 Å². The summed E-state index contributed by atoms with van der Waals surface area (Å²) in [5.41, 5.74) is 3.19. The zero-order valence-corrected chi connectivity index (χ0v) is 21.2. The molecule has 1 saturated heterocycles. The molecule has 166 valence electrons. The molecule has 0 radical (unpaired) electrons. The van der Waals surface area contributed by atoms with Gasteiger partial charge < -0.3 is 4.74 Å². The molecule has 0 saturated carbocycles. The van der Waals surface area contributed by atoms with Gasteiger partial charge in [-0.15, -0.1) is 0 Å². The second-order valence-corrected chi connectivity index (χ2v) is 9.20. The number of rotatable bonds is 5. The van der Waals surface area contributed by atoms with Crippen LogP contribution in [0.25, 0.3) is 6.08 Å². The number of carbonyl (C=O) groups is 2. The van der Waals surface area contributed by atoms with Crippen molar-refractivity contribution >= 4 is 75.1 Å². The Morgan fingerprint density at radius 3 is 2.48 bits per heavy atom. The molecular formula is C25H18ClIN2O3S. The average molecular weight is 589 g/mol. The highest BCUT2D eigenvalue weighted by Gasteiger charge is 2.34. The van der Waals surface area contributed by atoms with E-state index in [0.717, 1.165) is 14.7 Å². The molecule has 0 spiro atoms. The van der Waals surface area contributed by atoms with Gasteiger partial charge in [-0.05, 0) is 82.3 Å². The average Bonchev–Trinajstić information content (AvgIpc) is 2.80. The van der Waals surface area contributed by atoms with Gasteiger partial charge in [0.2, 0.25) is 0 Å². The number of nitrogens with one attached hydrogen (secondary N) is 1. The van der Waals surface area contributed by atoms with Gasteiger partial charge in [-0.25, -0.2) is 0 Å². The topological polar surface area (TPSA) is 58.6 Å². The van der Waals surface area contributed by atoms with Gasteiger partial charge in [0.25, 0.3) is 11.8 Å². The summed E-state index contributed by atoms with van der Waals surface area (Å²) in [5.74, 6) is -0.372. The molecule has 1 heterocycles. The number of nitrogens with zero attached hydrogens (tertiary/aromatic N) is 1. The summed E-state index contributed by atoms with van der Waals surface area (Å²) in [4.78, 5) is 27.1. The van der Waals surface area contributed by atoms with Crippen LogP contribution >= 0.6 is 46.4 Å². The zero-order chi connectivity index (χ0) is 23.5. The van der Waals surface area contributed by atoms with Crippen LogP contribution in [0.1, 0.15) is 16.7 Å². The van der Waals surface area contributed by atoms with Crippen molar-refractivity contribution in [3.63, 3.8) is 0 Å². The largest absolute Gasteiger partial charge is 0.496 e. The molecule has 1 fully saturated rings. The molecular weight excluding hydrogens is 571 g/mol. The molecule has 3 aromatic rings. The van der Waals surface area contributed by atoms with E-state index in [1.54, 1.807) is 37.5 Å². The van der Waals surface area contributed by atoms with Gasteiger partial charge in [0.05, 0.1) is 12.8 Å². The van der Waals surface area contributed by atoms with Crippen LogP contribution in [0, 0.1) is 3.57 Å². The summed E-state index contributed by atoms with van der Waals surface area (Å²) in [6.45, 7) is 0. The van der Waals surface area contributed by atoms with Crippen molar-refractivity contribution in [1.29, 1.82) is 0 Å². The first kappa shape index (κ1) is 23.4. The number of carbonyl (C=O) groups excluding carboxylic acids is 2. The van der Waals surface area contributed by atoms with Gasteiger partial charge >= 0.3 is 0 Å². The maximum Gasteiger partial charge on any atom is 0.270 e. The van der Waals surface area contributed by atoms with Crippen molar-refractivity contribution in [3.05, 3.63) is 97.6 Å². The summed E-state index contributed by atoms with van der Waals surface area (Å²) in [6, 6.07) is 20.3. The van der Waals surface area contributed by atoms with E-state index in [2.05, 4.69) is 27.9 Å². The molecule has 1 aliphatic heterocycles. The minimum absolute atomic E-state index is 0.0100. The lowest BCUT2D eigenvalue weighted by atomic mass is 10.0. The van der Waals surface area contributed by atoms with Crippen LogP contribution in [0.2, 0.25) is 5.02 Å². The van der Waals surface area contributed by atoms with Crippen LogP contribution in [-0.2, 0) is 16.0 Å². The van der Waals surface area contributed by atoms with Gasteiger partial charge in [-0.1, -0.05) is 48.0 Å². The molecule has 0 aromatic heterocycles. The van der Waals surface area contributed by atoms with Crippen molar-refractivity contribution in [3.8, 4) is 5.75 Å². The van der Waals surface area contributed by atoms with Crippen LogP contribution in [0.3, 0.4) is 0 Å². The molecule has 0 atom stereocenters. The quantitative estimate of drug-likeness (QED) is 0.188. The Labute approximate surface area is 215 Å². The van der Waals surface area contributed by atoms with E-state index in [4.69, 9.17) is 28.6 Å². The summed E-state index contributed by atoms with van der Waals surface area (Å²) in [5, 5.41) is 3.34. The highest BCUT2D eigenvalue weighted by molar-refractivity contribution is 14.1. The van der Waals surface area contributed by atoms with Gasteiger partial charge in [-0.2, -0.15) is 0 Å². The minimum atomic E-state index is -0.536. The van der Waals surface area contributed by atoms with Gasteiger partial charge in [0.1, 0.15) is 11.3 Å². The second-order valence-electron chi connectivity index (χ2n) is 7.25. The summed E-state index contributed by atoms with van der Waals surface area (Å²) < 4.78 is 6.56. The molecule has 1 N–H and O–H groups in total. The lowest BCUT2D eigenvalue weighted by molar-refractivity contribution is -0.122. The minimum Gasteiger partial charge on any atom is -0.496 e. The van der Waals surface area contributed by atoms with E-state index < -0.39 is 11.8 Å². The number of para-hydroxylation sites is 1. The number of halogens is 2. The monoisotopic (exact) mass is 588 g/mol. The number of amides is 2. The van der Waals surface area contributed by atoms with Crippen molar-refractivity contribution in [2.24, 2.45) is 0 Å². The van der Waals surface area contributed by atoms with Crippen LogP contribution in [0.5, 0.6) is 5.75 Å². The Morgan fingerprint density at radius 1 is 1.09 bits per heavy atom. The zero-order valence-electron chi connectivity index (χ0n) is 17.5. The predicted octanol–water partition coefficient (Wildman–Crippen LogP) is 5.38. The third-order valence-electron chi connectivity index (χ3n) is 5.15. The lowest BCUT2D eigenvalue weighted by Crippen LogP contribution is -2.54. The Morgan fingerprint density at radius 2 is 1.79 bits per heavy atom. The fourth-order valence-corrected chi connectivity index (χ4v) is 4.84. The Balaban J connectivity index is 1.71. The summed E-state index contributed by atoms with van der Waals surface area (Å²) >= 11 is 13.8. The van der Waals surface area contributed by atoms with Gasteiger partial charge in [0.15, 0.2) is 5.11 Å². The normalized spacial score (nSPS) is 15.1. The molecule has 33 heavy (non-hydrogen) atoms. The highest BCUT2D eigenvalue weighted by atomic mass is 127. The molecule has 0 unspecified atom stereocenters. The van der Waals surface area contributed by atoms with Crippen molar-refractivity contribution in [2.45, 2.75) is 6.42 Å². The maximum absolute atomic E-state index is 13.2. The number of ether oxygens (including phenoxy) is 1. The first-order valence-corrected chi connectivity index (χ1v) is 11.8. The van der Waals surface area contributed by atoms with E-state index in [9.17, 15) is 9.59 Å². The second kappa shape index (κ2) is 10.0. The number of thiocarbonyl (C=S) groups is 1. The highest BCUT2D eigenvalue weighted by Crippen LogP contribution is 2.32. The summed E-state index contributed by atoms with van der Waals surface area (Å²) in [6.07, 6.45) is 2.15. The van der Waals surface area contributed by atoms with Crippen LogP contribution in [0.15, 0.2) is 72.3 Å². The van der Waals surface area contributed by atoms with E-state index in [1.165, 1.54) is 4.90 Å². The Hall–Kier alpha value is -2.75. The number of benzene rings is 3. The number of anilines is 1. The maximum atomic E-state index is 13.2. The molecule has 0 bridgehead atoms. The molecule has 3 aromatic carbocycles.